The normalized spacial score (nSPS) is 40.2. The molecule has 1 fully saturated rings. The quantitative estimate of drug-likeness (QED) is 0.564. The van der Waals surface area contributed by atoms with E-state index in [4.69, 9.17) is 0 Å². The number of carbonyl (C=O) groups is 1. The van der Waals surface area contributed by atoms with E-state index in [1.165, 1.54) is 25.7 Å². The van der Waals surface area contributed by atoms with Crippen molar-refractivity contribution in [2.75, 3.05) is 0 Å². The van der Waals surface area contributed by atoms with Gasteiger partial charge in [-0.3, -0.25) is 4.79 Å². The van der Waals surface area contributed by atoms with Crippen LogP contribution < -0.4 is 0 Å². The molecule has 0 aromatic heterocycles. The van der Waals surface area contributed by atoms with Crippen molar-refractivity contribution in [3.05, 3.63) is 22.8 Å². The van der Waals surface area contributed by atoms with Crippen LogP contribution in [-0.4, -0.2) is 17.0 Å². The molecule has 1 N–H and O–H groups in total. The lowest BCUT2D eigenvalue weighted by Crippen LogP contribution is -2.44. The van der Waals surface area contributed by atoms with Crippen molar-refractivity contribution in [3.8, 4) is 0 Å². The van der Waals surface area contributed by atoms with Crippen LogP contribution in [0.15, 0.2) is 22.8 Å². The Morgan fingerprint density at radius 1 is 1.10 bits per heavy atom. The molecular formula is C27H42O2. The fourth-order valence-corrected chi connectivity index (χ4v) is 7.77. The second-order valence-electron chi connectivity index (χ2n) is 11.7. The zero-order valence-corrected chi connectivity index (χ0v) is 19.4. The van der Waals surface area contributed by atoms with Crippen LogP contribution in [0.1, 0.15) is 98.8 Å². The Morgan fingerprint density at radius 2 is 1.86 bits per heavy atom. The Bertz CT molecular complexity index is 729. The van der Waals surface area contributed by atoms with Crippen molar-refractivity contribution in [1.82, 2.24) is 0 Å². The number of ketones is 1. The molecule has 0 spiro atoms. The summed E-state index contributed by atoms with van der Waals surface area (Å²) in [6, 6.07) is 0. The van der Waals surface area contributed by atoms with E-state index in [0.29, 0.717) is 34.9 Å². The van der Waals surface area contributed by atoms with Gasteiger partial charge in [-0.1, -0.05) is 46.3 Å². The topological polar surface area (TPSA) is 37.3 Å². The van der Waals surface area contributed by atoms with Crippen molar-refractivity contribution < 1.29 is 9.90 Å². The van der Waals surface area contributed by atoms with Crippen LogP contribution >= 0.6 is 0 Å². The van der Waals surface area contributed by atoms with Gasteiger partial charge in [0.05, 0.1) is 6.10 Å². The predicted molar refractivity (Wildman–Crippen MR) is 119 cm³/mol. The van der Waals surface area contributed by atoms with E-state index >= 15 is 0 Å². The SMILES string of the molecule is CC(C)CC(=O)CC(C)C1CC=C2C3=C(CC[C@@]21C)[C@@]1(C)CC[C@H](O)C[C@@H]1CC3. The summed E-state index contributed by atoms with van der Waals surface area (Å²) in [5.41, 5.74) is 5.66. The summed E-state index contributed by atoms with van der Waals surface area (Å²) in [6.07, 6.45) is 13.2. The van der Waals surface area contributed by atoms with Crippen molar-refractivity contribution in [3.63, 3.8) is 0 Å². The van der Waals surface area contributed by atoms with Gasteiger partial charge in [-0.05, 0) is 97.0 Å². The number of carbonyl (C=O) groups excluding carboxylic acids is 1. The van der Waals surface area contributed by atoms with Gasteiger partial charge in [0.25, 0.3) is 0 Å². The molecule has 0 amide bonds. The molecule has 0 aliphatic heterocycles. The highest BCUT2D eigenvalue weighted by molar-refractivity contribution is 5.78. The minimum absolute atomic E-state index is 0.0802. The lowest BCUT2D eigenvalue weighted by Gasteiger charge is -2.53. The monoisotopic (exact) mass is 398 g/mol. The van der Waals surface area contributed by atoms with Gasteiger partial charge < -0.3 is 5.11 Å². The average molecular weight is 399 g/mol. The number of Topliss-reactive ketones (excluding diaryl/α,β-unsaturated/α-hetero) is 1. The first-order valence-electron chi connectivity index (χ1n) is 12.3. The lowest BCUT2D eigenvalue weighted by molar-refractivity contribution is -0.121. The molecule has 4 rings (SSSR count). The van der Waals surface area contributed by atoms with Crippen LogP contribution in [0.5, 0.6) is 0 Å². The summed E-state index contributed by atoms with van der Waals surface area (Å²) in [5, 5.41) is 10.2. The first-order valence-corrected chi connectivity index (χ1v) is 12.3. The first-order chi connectivity index (χ1) is 13.6. The molecule has 0 bridgehead atoms. The minimum atomic E-state index is -0.0802. The van der Waals surface area contributed by atoms with Crippen LogP contribution in [0.25, 0.3) is 0 Å². The van der Waals surface area contributed by atoms with Gasteiger partial charge in [0.1, 0.15) is 5.78 Å². The Hall–Kier alpha value is -0.890. The predicted octanol–water partition coefficient (Wildman–Crippen LogP) is 6.63. The number of hydrogen-bond donors (Lipinski definition) is 1. The molecule has 6 atom stereocenters. The van der Waals surface area contributed by atoms with Crippen LogP contribution in [-0.2, 0) is 4.79 Å². The Balaban J connectivity index is 1.55. The highest BCUT2D eigenvalue weighted by Gasteiger charge is 2.53. The van der Waals surface area contributed by atoms with E-state index in [1.54, 1.807) is 16.7 Å². The standard InChI is InChI=1S/C27H42O2/c1-17(2)14-21(29)15-18(3)23-8-9-24-22-7-6-19-16-20(28)10-12-26(19,4)25(22)11-13-27(23,24)5/h9,17-20,23,28H,6-8,10-16H2,1-5H3/t18?,19-,20-,23?,26-,27+/m0/s1. The van der Waals surface area contributed by atoms with Crippen molar-refractivity contribution in [2.24, 2.45) is 34.5 Å². The van der Waals surface area contributed by atoms with E-state index < -0.39 is 0 Å². The fraction of sp³-hybridized carbons (Fsp3) is 0.815. The zero-order valence-electron chi connectivity index (χ0n) is 19.4. The third-order valence-electron chi connectivity index (χ3n) is 9.35. The van der Waals surface area contributed by atoms with Crippen molar-refractivity contribution >= 4 is 5.78 Å². The summed E-state index contributed by atoms with van der Waals surface area (Å²) in [6.45, 7) is 11.6. The van der Waals surface area contributed by atoms with Gasteiger partial charge in [-0.25, -0.2) is 0 Å². The van der Waals surface area contributed by atoms with E-state index in [9.17, 15) is 9.90 Å². The Labute approximate surface area is 178 Å². The van der Waals surface area contributed by atoms with Crippen molar-refractivity contribution in [1.29, 1.82) is 0 Å². The second kappa shape index (κ2) is 7.66. The third-order valence-corrected chi connectivity index (χ3v) is 9.35. The number of hydrogen-bond acceptors (Lipinski definition) is 2. The molecule has 0 aromatic rings. The summed E-state index contributed by atoms with van der Waals surface area (Å²) >= 11 is 0. The molecule has 2 heteroatoms. The van der Waals surface area contributed by atoms with E-state index in [-0.39, 0.29) is 11.5 Å². The summed E-state index contributed by atoms with van der Waals surface area (Å²) in [7, 11) is 0. The first kappa shape index (κ1) is 21.3. The van der Waals surface area contributed by atoms with Gasteiger partial charge >= 0.3 is 0 Å². The third kappa shape index (κ3) is 3.58. The molecule has 162 valence electrons. The number of aliphatic hydroxyl groups excluding tert-OH is 1. The number of aliphatic hydroxyl groups is 1. The van der Waals surface area contributed by atoms with Gasteiger partial charge in [-0.15, -0.1) is 0 Å². The molecule has 0 aromatic carbocycles. The lowest BCUT2D eigenvalue weighted by atomic mass is 9.51. The number of fused-ring (bicyclic) bond motifs is 4. The van der Waals surface area contributed by atoms with Crippen LogP contribution in [0, 0.1) is 34.5 Å². The summed E-state index contributed by atoms with van der Waals surface area (Å²) < 4.78 is 0. The van der Waals surface area contributed by atoms with E-state index in [1.807, 2.05) is 0 Å². The number of rotatable bonds is 5. The maximum absolute atomic E-state index is 12.5. The van der Waals surface area contributed by atoms with Gasteiger partial charge in [-0.2, -0.15) is 0 Å². The van der Waals surface area contributed by atoms with E-state index in [0.717, 1.165) is 38.5 Å². The molecule has 2 nitrogen and oxygen atoms in total. The minimum Gasteiger partial charge on any atom is -0.393 e. The summed E-state index contributed by atoms with van der Waals surface area (Å²) in [4.78, 5) is 12.5. The Kier molecular flexibility index (Phi) is 5.64. The van der Waals surface area contributed by atoms with E-state index in [2.05, 4.69) is 40.7 Å². The van der Waals surface area contributed by atoms with Gasteiger partial charge in [0.15, 0.2) is 0 Å². The smallest absolute Gasteiger partial charge is 0.133 e. The Morgan fingerprint density at radius 3 is 2.59 bits per heavy atom. The second-order valence-corrected chi connectivity index (χ2v) is 11.7. The molecule has 4 aliphatic carbocycles. The highest BCUT2D eigenvalue weighted by atomic mass is 16.3. The molecule has 0 saturated heterocycles. The molecular weight excluding hydrogens is 356 g/mol. The largest absolute Gasteiger partial charge is 0.393 e. The van der Waals surface area contributed by atoms with Gasteiger partial charge in [0, 0.05) is 12.8 Å². The highest BCUT2D eigenvalue weighted by Crippen LogP contribution is 2.64. The molecule has 29 heavy (non-hydrogen) atoms. The fourth-order valence-electron chi connectivity index (χ4n) is 7.77. The molecule has 0 heterocycles. The molecule has 1 saturated carbocycles. The molecule has 0 radical (unpaired) electrons. The average Bonchev–Trinajstić information content (AvgIpc) is 2.99. The molecule has 4 aliphatic rings. The van der Waals surface area contributed by atoms with Crippen LogP contribution in [0.3, 0.4) is 0 Å². The van der Waals surface area contributed by atoms with Crippen LogP contribution in [0.4, 0.5) is 0 Å². The maximum Gasteiger partial charge on any atom is 0.133 e. The van der Waals surface area contributed by atoms with Crippen LogP contribution in [0.2, 0.25) is 0 Å². The van der Waals surface area contributed by atoms with Gasteiger partial charge in [0.2, 0.25) is 0 Å². The maximum atomic E-state index is 12.5. The van der Waals surface area contributed by atoms with Crippen molar-refractivity contribution in [2.45, 2.75) is 105 Å². The molecule has 2 unspecified atom stereocenters. The number of allylic oxidation sites excluding steroid dienone is 4. The zero-order chi connectivity index (χ0) is 21.0. The summed E-state index contributed by atoms with van der Waals surface area (Å²) in [5.74, 6) is 2.67.